The molecule has 0 unspecified atom stereocenters. The van der Waals surface area contributed by atoms with Crippen molar-refractivity contribution < 1.29 is 9.90 Å². The molecule has 1 saturated carbocycles. The van der Waals surface area contributed by atoms with Crippen LogP contribution in [0.2, 0.25) is 0 Å². The molecule has 34 heavy (non-hydrogen) atoms. The molecule has 3 N–H and O–H groups in total. The van der Waals surface area contributed by atoms with Crippen molar-refractivity contribution in [3.05, 3.63) is 35.7 Å². The molecular weight excluding hydrogens is 430 g/mol. The van der Waals surface area contributed by atoms with Gasteiger partial charge in [-0.3, -0.25) is 4.68 Å². The molecule has 2 fully saturated rings. The number of piperidine rings is 1. The van der Waals surface area contributed by atoms with Crippen LogP contribution in [-0.2, 0) is 7.05 Å². The van der Waals surface area contributed by atoms with E-state index >= 15 is 0 Å². The van der Waals surface area contributed by atoms with Gasteiger partial charge in [-0.15, -0.1) is 0 Å². The second kappa shape index (κ2) is 8.77. The quantitative estimate of drug-likeness (QED) is 0.508. The molecular formula is C25H33N7O2. The molecule has 3 aromatic rings. The van der Waals surface area contributed by atoms with Crippen LogP contribution in [0.3, 0.4) is 0 Å². The van der Waals surface area contributed by atoms with Crippen molar-refractivity contribution in [3.8, 4) is 0 Å². The summed E-state index contributed by atoms with van der Waals surface area (Å²) in [5, 5.41) is 21.9. The summed E-state index contributed by atoms with van der Waals surface area (Å²) in [5.74, 6) is 1.43. The number of hydrogen-bond acceptors (Lipinski definition) is 6. The number of carboxylic acid groups (broad SMARTS) is 1. The van der Waals surface area contributed by atoms with Crippen LogP contribution in [0.25, 0.3) is 10.9 Å². The number of rotatable bonds is 4. The first-order chi connectivity index (χ1) is 16.3. The van der Waals surface area contributed by atoms with Crippen LogP contribution in [-0.4, -0.2) is 55.0 Å². The molecule has 0 bridgehead atoms. The Bertz CT molecular complexity index is 1200. The first-order valence-corrected chi connectivity index (χ1v) is 12.1. The Morgan fingerprint density at radius 2 is 1.88 bits per heavy atom. The number of aryl methyl sites for hydroxylation is 3. The number of amides is 1. The Labute approximate surface area is 199 Å². The number of fused-ring (bicyclic) bond motifs is 1. The zero-order valence-electron chi connectivity index (χ0n) is 20.1. The fraction of sp³-hybridized carbons (Fsp3) is 0.520. The lowest BCUT2D eigenvalue weighted by Crippen LogP contribution is -2.45. The molecule has 5 rings (SSSR count). The summed E-state index contributed by atoms with van der Waals surface area (Å²) < 4.78 is 1.89. The Morgan fingerprint density at radius 3 is 2.59 bits per heavy atom. The fourth-order valence-electron chi connectivity index (χ4n) is 5.43. The predicted octanol–water partition coefficient (Wildman–Crippen LogP) is 4.84. The topological polar surface area (TPSA) is 108 Å². The van der Waals surface area contributed by atoms with E-state index in [2.05, 4.69) is 33.7 Å². The number of benzene rings is 1. The van der Waals surface area contributed by atoms with E-state index in [0.717, 1.165) is 72.2 Å². The van der Waals surface area contributed by atoms with Crippen LogP contribution >= 0.6 is 0 Å². The van der Waals surface area contributed by atoms with Gasteiger partial charge in [0.25, 0.3) is 0 Å². The van der Waals surface area contributed by atoms with Gasteiger partial charge in [0, 0.05) is 54.7 Å². The highest BCUT2D eigenvalue weighted by Crippen LogP contribution is 2.45. The Morgan fingerprint density at radius 1 is 1.15 bits per heavy atom. The summed E-state index contributed by atoms with van der Waals surface area (Å²) >= 11 is 0. The van der Waals surface area contributed by atoms with Crippen LogP contribution < -0.4 is 10.6 Å². The number of nitrogens with one attached hydrogen (secondary N) is 2. The van der Waals surface area contributed by atoms with E-state index in [1.807, 2.05) is 37.0 Å². The smallest absolute Gasteiger partial charge is 0.407 e. The van der Waals surface area contributed by atoms with Gasteiger partial charge in [0.2, 0.25) is 5.95 Å². The Hall–Kier alpha value is -3.36. The van der Waals surface area contributed by atoms with Gasteiger partial charge >= 0.3 is 6.09 Å². The minimum atomic E-state index is -0.788. The van der Waals surface area contributed by atoms with Crippen molar-refractivity contribution in [1.82, 2.24) is 24.6 Å². The third kappa shape index (κ3) is 4.38. The second-order valence-electron chi connectivity index (χ2n) is 9.98. The van der Waals surface area contributed by atoms with Gasteiger partial charge in [-0.05, 0) is 76.0 Å². The molecule has 9 nitrogen and oxygen atoms in total. The van der Waals surface area contributed by atoms with Crippen molar-refractivity contribution in [2.45, 2.75) is 58.4 Å². The molecule has 1 amide bonds. The highest BCUT2D eigenvalue weighted by atomic mass is 16.4. The number of aromatic nitrogens is 4. The highest BCUT2D eigenvalue weighted by Gasteiger charge is 2.39. The molecule has 0 radical (unpaired) electrons. The van der Waals surface area contributed by atoms with Gasteiger partial charge in [0.05, 0.1) is 5.52 Å². The van der Waals surface area contributed by atoms with Gasteiger partial charge in [0.15, 0.2) is 0 Å². The van der Waals surface area contributed by atoms with Crippen molar-refractivity contribution in [2.75, 3.05) is 23.7 Å². The Kier molecular flexibility index (Phi) is 5.79. The van der Waals surface area contributed by atoms with Gasteiger partial charge in [-0.25, -0.2) is 9.78 Å². The first kappa shape index (κ1) is 22.4. The summed E-state index contributed by atoms with van der Waals surface area (Å²) in [6.07, 6.45) is 7.45. The molecule has 2 aromatic heterocycles. The van der Waals surface area contributed by atoms with Crippen molar-refractivity contribution >= 4 is 34.4 Å². The largest absolute Gasteiger partial charge is 0.465 e. The minimum Gasteiger partial charge on any atom is -0.465 e. The van der Waals surface area contributed by atoms with Crippen LogP contribution in [0.1, 0.15) is 49.8 Å². The fourth-order valence-corrected chi connectivity index (χ4v) is 5.43. The van der Waals surface area contributed by atoms with Crippen LogP contribution in [0, 0.1) is 19.3 Å². The number of anilines is 3. The molecule has 1 saturated heterocycles. The predicted molar refractivity (Wildman–Crippen MR) is 133 cm³/mol. The third-order valence-electron chi connectivity index (χ3n) is 7.84. The zero-order chi connectivity index (χ0) is 23.9. The third-order valence-corrected chi connectivity index (χ3v) is 7.84. The maximum Gasteiger partial charge on any atom is 0.407 e. The summed E-state index contributed by atoms with van der Waals surface area (Å²) in [6, 6.07) is 6.50. The van der Waals surface area contributed by atoms with Gasteiger partial charge in [0.1, 0.15) is 5.82 Å². The van der Waals surface area contributed by atoms with E-state index in [0.29, 0.717) is 30.5 Å². The number of nitrogens with zero attached hydrogens (tertiary/aromatic N) is 5. The molecule has 0 atom stereocenters. The lowest BCUT2D eigenvalue weighted by Gasteiger charge is -2.45. The van der Waals surface area contributed by atoms with E-state index in [-0.39, 0.29) is 0 Å². The van der Waals surface area contributed by atoms with Crippen LogP contribution in [0.15, 0.2) is 24.4 Å². The van der Waals surface area contributed by atoms with E-state index in [1.54, 1.807) is 4.90 Å². The van der Waals surface area contributed by atoms with E-state index in [9.17, 15) is 9.90 Å². The number of carbonyl (C=O) groups is 1. The molecule has 2 aliphatic rings. The lowest BCUT2D eigenvalue weighted by molar-refractivity contribution is 0.0620. The average Bonchev–Trinajstić information content (AvgIpc) is 3.11. The van der Waals surface area contributed by atoms with Crippen LogP contribution in [0.5, 0.6) is 0 Å². The maximum absolute atomic E-state index is 11.2. The Balaban J connectivity index is 1.22. The monoisotopic (exact) mass is 463 g/mol. The minimum absolute atomic E-state index is 0.306. The molecule has 1 aliphatic heterocycles. The lowest BCUT2D eigenvalue weighted by atomic mass is 9.67. The highest BCUT2D eigenvalue weighted by molar-refractivity contribution is 5.85. The van der Waals surface area contributed by atoms with Crippen LogP contribution in [0.4, 0.5) is 22.2 Å². The van der Waals surface area contributed by atoms with E-state index < -0.39 is 6.09 Å². The SMILES string of the molecule is Cc1cnc(Nc2ccc3c(C)n(C)nc3c2)nc1NC1CCC2(CC1)CCN(C(=O)O)CC2. The molecule has 3 heterocycles. The maximum atomic E-state index is 11.2. The molecule has 1 aromatic carbocycles. The summed E-state index contributed by atoms with van der Waals surface area (Å²) in [5.41, 5.74) is 4.33. The van der Waals surface area contributed by atoms with Crippen molar-refractivity contribution in [3.63, 3.8) is 0 Å². The molecule has 9 heteroatoms. The van der Waals surface area contributed by atoms with Gasteiger partial charge < -0.3 is 20.6 Å². The number of hydrogen-bond donors (Lipinski definition) is 3. The van der Waals surface area contributed by atoms with Crippen molar-refractivity contribution in [1.29, 1.82) is 0 Å². The standard InChI is InChI=1S/C25H33N7O2/c1-16-15-26-23(28-19-4-5-20-17(2)31(3)30-21(20)14-19)29-22(16)27-18-6-8-25(9-7-18)10-12-32(13-11-25)24(33)34/h4-5,14-15,18H,6-13H2,1-3H3,(H,33,34)(H2,26,27,28,29). The normalized spacial score (nSPS) is 18.4. The molecule has 1 spiro atoms. The first-order valence-electron chi connectivity index (χ1n) is 12.1. The zero-order valence-corrected chi connectivity index (χ0v) is 20.1. The van der Waals surface area contributed by atoms with E-state index in [4.69, 9.17) is 4.98 Å². The van der Waals surface area contributed by atoms with Gasteiger partial charge in [-0.2, -0.15) is 10.1 Å². The van der Waals surface area contributed by atoms with E-state index in [1.165, 1.54) is 0 Å². The molecule has 1 aliphatic carbocycles. The second-order valence-corrected chi connectivity index (χ2v) is 9.98. The average molecular weight is 464 g/mol. The van der Waals surface area contributed by atoms with Crippen molar-refractivity contribution in [2.24, 2.45) is 12.5 Å². The summed E-state index contributed by atoms with van der Waals surface area (Å²) in [6.45, 7) is 5.42. The summed E-state index contributed by atoms with van der Waals surface area (Å²) in [4.78, 5) is 22.0. The number of likely N-dealkylation sites (tertiary alicyclic amines) is 1. The summed E-state index contributed by atoms with van der Waals surface area (Å²) in [7, 11) is 1.95. The van der Waals surface area contributed by atoms with Gasteiger partial charge in [-0.1, -0.05) is 0 Å². The molecule has 180 valence electrons.